The molecule has 0 saturated carbocycles. The van der Waals surface area contributed by atoms with Crippen LogP contribution in [0.3, 0.4) is 0 Å². The number of nitrogens with zero attached hydrogens (tertiary/aromatic N) is 2. The SMILES string of the molecule is O=C(Nc1ccc2c(c1)N(CCc1ccccc1)C(=O)CO2)c1cccnc1. The minimum absolute atomic E-state index is 0.0170. The number of aromatic nitrogens is 1. The number of pyridine rings is 1. The Kier molecular flexibility index (Phi) is 5.01. The summed E-state index contributed by atoms with van der Waals surface area (Å²) in [5.74, 6) is 0.276. The molecule has 6 nitrogen and oxygen atoms in total. The molecule has 0 unspecified atom stereocenters. The van der Waals surface area contributed by atoms with Gasteiger partial charge in [0.05, 0.1) is 11.3 Å². The fraction of sp³-hybridized carbons (Fsp3) is 0.136. The van der Waals surface area contributed by atoms with Crippen LogP contribution in [-0.4, -0.2) is 29.9 Å². The Morgan fingerprint density at radius 1 is 1.11 bits per heavy atom. The minimum Gasteiger partial charge on any atom is -0.482 e. The summed E-state index contributed by atoms with van der Waals surface area (Å²) in [6.07, 6.45) is 3.86. The smallest absolute Gasteiger partial charge is 0.265 e. The molecule has 0 fully saturated rings. The van der Waals surface area contributed by atoms with Crippen LogP contribution in [0.5, 0.6) is 5.75 Å². The van der Waals surface area contributed by atoms with Crippen LogP contribution in [0, 0.1) is 0 Å². The Hall–Kier alpha value is -3.67. The molecule has 1 aliphatic heterocycles. The number of hydrogen-bond acceptors (Lipinski definition) is 4. The third kappa shape index (κ3) is 3.86. The predicted octanol–water partition coefficient (Wildman–Crippen LogP) is 3.30. The van der Waals surface area contributed by atoms with E-state index in [1.54, 1.807) is 41.4 Å². The monoisotopic (exact) mass is 373 g/mol. The van der Waals surface area contributed by atoms with Gasteiger partial charge < -0.3 is 15.0 Å². The van der Waals surface area contributed by atoms with E-state index in [0.717, 1.165) is 12.0 Å². The summed E-state index contributed by atoms with van der Waals surface area (Å²) in [6, 6.07) is 18.7. The molecule has 0 spiro atoms. The lowest BCUT2D eigenvalue weighted by Gasteiger charge is -2.30. The van der Waals surface area contributed by atoms with Crippen molar-refractivity contribution in [2.24, 2.45) is 0 Å². The van der Waals surface area contributed by atoms with Gasteiger partial charge in [-0.25, -0.2) is 0 Å². The fourth-order valence-electron chi connectivity index (χ4n) is 3.11. The number of carbonyl (C=O) groups is 2. The number of benzene rings is 2. The van der Waals surface area contributed by atoms with Crippen LogP contribution in [0.25, 0.3) is 0 Å². The van der Waals surface area contributed by atoms with E-state index in [9.17, 15) is 9.59 Å². The quantitative estimate of drug-likeness (QED) is 0.745. The third-order valence-electron chi connectivity index (χ3n) is 4.55. The van der Waals surface area contributed by atoms with Crippen molar-refractivity contribution in [3.05, 3.63) is 84.2 Å². The standard InChI is InChI=1S/C22H19N3O3/c26-21-15-28-20-9-8-18(24-22(27)17-7-4-11-23-14-17)13-19(20)25(21)12-10-16-5-2-1-3-6-16/h1-9,11,13-14H,10,12,15H2,(H,24,27). The van der Waals surface area contributed by atoms with E-state index in [4.69, 9.17) is 4.74 Å². The zero-order chi connectivity index (χ0) is 19.3. The first kappa shape index (κ1) is 17.7. The Labute approximate surface area is 162 Å². The van der Waals surface area contributed by atoms with Crippen LogP contribution in [0.15, 0.2) is 73.1 Å². The highest BCUT2D eigenvalue weighted by molar-refractivity contribution is 6.05. The maximum Gasteiger partial charge on any atom is 0.265 e. The molecular weight excluding hydrogens is 354 g/mol. The zero-order valence-electron chi connectivity index (χ0n) is 15.2. The van der Waals surface area contributed by atoms with Crippen molar-refractivity contribution in [1.82, 2.24) is 4.98 Å². The molecule has 0 saturated heterocycles. The van der Waals surface area contributed by atoms with E-state index < -0.39 is 0 Å². The first-order valence-corrected chi connectivity index (χ1v) is 9.03. The topological polar surface area (TPSA) is 71.5 Å². The number of nitrogens with one attached hydrogen (secondary N) is 1. The minimum atomic E-state index is -0.257. The number of anilines is 2. The van der Waals surface area contributed by atoms with Crippen molar-refractivity contribution >= 4 is 23.2 Å². The molecule has 1 aliphatic rings. The van der Waals surface area contributed by atoms with Crippen molar-refractivity contribution < 1.29 is 14.3 Å². The van der Waals surface area contributed by atoms with Gasteiger partial charge in [-0.1, -0.05) is 30.3 Å². The highest BCUT2D eigenvalue weighted by Crippen LogP contribution is 2.34. The Morgan fingerprint density at radius 2 is 1.96 bits per heavy atom. The molecule has 2 heterocycles. The van der Waals surface area contributed by atoms with Gasteiger partial charge in [-0.2, -0.15) is 0 Å². The zero-order valence-corrected chi connectivity index (χ0v) is 15.2. The molecule has 6 heteroatoms. The first-order valence-electron chi connectivity index (χ1n) is 9.03. The summed E-state index contributed by atoms with van der Waals surface area (Å²) in [5.41, 5.74) is 2.88. The highest BCUT2D eigenvalue weighted by atomic mass is 16.5. The van der Waals surface area contributed by atoms with Gasteiger partial charge in [0.2, 0.25) is 0 Å². The predicted molar refractivity (Wildman–Crippen MR) is 107 cm³/mol. The molecule has 28 heavy (non-hydrogen) atoms. The summed E-state index contributed by atoms with van der Waals surface area (Å²) in [7, 11) is 0. The van der Waals surface area contributed by atoms with E-state index in [-0.39, 0.29) is 18.4 Å². The number of rotatable bonds is 5. The molecule has 0 aliphatic carbocycles. The normalized spacial score (nSPS) is 12.9. The molecule has 0 atom stereocenters. The van der Waals surface area contributed by atoms with Crippen molar-refractivity contribution in [3.63, 3.8) is 0 Å². The van der Waals surface area contributed by atoms with Crippen LogP contribution < -0.4 is 15.0 Å². The lowest BCUT2D eigenvalue weighted by molar-refractivity contribution is -0.121. The molecule has 4 rings (SSSR count). The number of carbonyl (C=O) groups excluding carboxylic acids is 2. The average molecular weight is 373 g/mol. The Balaban J connectivity index is 1.54. The van der Waals surface area contributed by atoms with Gasteiger partial charge in [-0.15, -0.1) is 0 Å². The van der Waals surface area contributed by atoms with E-state index in [0.29, 0.717) is 29.2 Å². The van der Waals surface area contributed by atoms with Crippen LogP contribution in [0.4, 0.5) is 11.4 Å². The number of hydrogen-bond donors (Lipinski definition) is 1. The lowest BCUT2D eigenvalue weighted by Crippen LogP contribution is -2.40. The van der Waals surface area contributed by atoms with Crippen molar-refractivity contribution in [1.29, 1.82) is 0 Å². The summed E-state index contributed by atoms with van der Waals surface area (Å²) in [4.78, 5) is 30.5. The first-order chi connectivity index (χ1) is 13.7. The molecule has 3 aromatic rings. The van der Waals surface area contributed by atoms with E-state index in [2.05, 4.69) is 10.3 Å². The summed E-state index contributed by atoms with van der Waals surface area (Å²) >= 11 is 0. The average Bonchev–Trinajstić information content (AvgIpc) is 2.74. The molecule has 1 N–H and O–H groups in total. The molecular formula is C22H19N3O3. The van der Waals surface area contributed by atoms with Crippen LogP contribution in [-0.2, 0) is 11.2 Å². The molecule has 0 radical (unpaired) electrons. The van der Waals surface area contributed by atoms with Crippen molar-refractivity contribution in [2.75, 3.05) is 23.4 Å². The molecule has 2 amide bonds. The van der Waals surface area contributed by atoms with Crippen molar-refractivity contribution in [3.8, 4) is 5.75 Å². The van der Waals surface area contributed by atoms with Gasteiger partial charge in [-0.05, 0) is 42.3 Å². The summed E-state index contributed by atoms with van der Waals surface area (Å²) in [6.45, 7) is 0.558. The Morgan fingerprint density at radius 3 is 2.75 bits per heavy atom. The van der Waals surface area contributed by atoms with Crippen LogP contribution in [0.1, 0.15) is 15.9 Å². The molecule has 2 aromatic carbocycles. The molecule has 1 aromatic heterocycles. The second-order valence-electron chi connectivity index (χ2n) is 6.45. The number of ether oxygens (including phenoxy) is 1. The maximum absolute atomic E-state index is 12.4. The lowest BCUT2D eigenvalue weighted by atomic mass is 10.1. The Bertz CT molecular complexity index is 990. The number of fused-ring (bicyclic) bond motifs is 1. The molecule has 140 valence electrons. The summed E-state index contributed by atoms with van der Waals surface area (Å²) in [5, 5.41) is 2.85. The van der Waals surface area contributed by atoms with Gasteiger partial charge in [-0.3, -0.25) is 14.6 Å². The van der Waals surface area contributed by atoms with Crippen LogP contribution in [0.2, 0.25) is 0 Å². The maximum atomic E-state index is 12.4. The number of amides is 2. The second-order valence-corrected chi connectivity index (χ2v) is 6.45. The second kappa shape index (κ2) is 7.92. The van der Waals surface area contributed by atoms with E-state index >= 15 is 0 Å². The van der Waals surface area contributed by atoms with Crippen molar-refractivity contribution in [2.45, 2.75) is 6.42 Å². The third-order valence-corrected chi connectivity index (χ3v) is 4.55. The summed E-state index contributed by atoms with van der Waals surface area (Å²) < 4.78 is 5.55. The van der Waals surface area contributed by atoms with Gasteiger partial charge in [0.1, 0.15) is 5.75 Å². The molecule has 0 bridgehead atoms. The van der Waals surface area contributed by atoms with Gasteiger partial charge in [0.25, 0.3) is 11.8 Å². The largest absolute Gasteiger partial charge is 0.482 e. The van der Waals surface area contributed by atoms with Crippen LogP contribution >= 0.6 is 0 Å². The van der Waals surface area contributed by atoms with Gasteiger partial charge in [0.15, 0.2) is 6.61 Å². The highest BCUT2D eigenvalue weighted by Gasteiger charge is 2.25. The fourth-order valence-corrected chi connectivity index (χ4v) is 3.11. The van der Waals surface area contributed by atoms with E-state index in [1.807, 2.05) is 30.3 Å². The van der Waals surface area contributed by atoms with Gasteiger partial charge >= 0.3 is 0 Å². The van der Waals surface area contributed by atoms with E-state index in [1.165, 1.54) is 6.20 Å². The van der Waals surface area contributed by atoms with Gasteiger partial charge in [0, 0.05) is 24.6 Å².